The third kappa shape index (κ3) is 4.34. The summed E-state index contributed by atoms with van der Waals surface area (Å²) >= 11 is 6.47. The molecule has 2 heterocycles. The quantitative estimate of drug-likeness (QED) is 0.560. The first-order chi connectivity index (χ1) is 14.9. The average Bonchev–Trinajstić information content (AvgIpc) is 2.80. The first-order valence-electron chi connectivity index (χ1n) is 9.90. The lowest BCUT2D eigenvalue weighted by Gasteiger charge is -2.34. The summed E-state index contributed by atoms with van der Waals surface area (Å²) in [5, 5.41) is 1.70. The summed E-state index contributed by atoms with van der Waals surface area (Å²) in [6, 6.07) is 12.5. The number of methoxy groups -OCH3 is 2. The first-order valence-corrected chi connectivity index (χ1v) is 11.7. The van der Waals surface area contributed by atoms with E-state index in [1.54, 1.807) is 18.3 Å². The molecule has 164 valence electrons. The van der Waals surface area contributed by atoms with Crippen LogP contribution in [0.1, 0.15) is 5.56 Å². The minimum absolute atomic E-state index is 0.115. The van der Waals surface area contributed by atoms with Crippen LogP contribution < -0.4 is 9.47 Å². The molecule has 0 radical (unpaired) electrons. The molecule has 1 saturated heterocycles. The minimum atomic E-state index is -3.71. The molecule has 4 rings (SSSR count). The van der Waals surface area contributed by atoms with E-state index in [4.69, 9.17) is 21.1 Å². The summed E-state index contributed by atoms with van der Waals surface area (Å²) < 4.78 is 38.5. The van der Waals surface area contributed by atoms with Crippen LogP contribution in [0.25, 0.3) is 10.9 Å². The van der Waals surface area contributed by atoms with Crippen LogP contribution in [0.15, 0.2) is 53.6 Å². The molecule has 0 unspecified atom stereocenters. The van der Waals surface area contributed by atoms with Gasteiger partial charge in [-0.1, -0.05) is 23.7 Å². The zero-order valence-corrected chi connectivity index (χ0v) is 19.0. The van der Waals surface area contributed by atoms with Crippen LogP contribution in [0.2, 0.25) is 5.02 Å². The Morgan fingerprint density at radius 1 is 1.03 bits per heavy atom. The van der Waals surface area contributed by atoms with E-state index in [9.17, 15) is 8.42 Å². The Bertz CT molecular complexity index is 1190. The molecule has 3 aromatic rings. The van der Waals surface area contributed by atoms with Crippen LogP contribution in [0.4, 0.5) is 0 Å². The third-order valence-corrected chi connectivity index (χ3v) is 7.80. The maximum absolute atomic E-state index is 13.3. The number of pyridine rings is 1. The maximum Gasteiger partial charge on any atom is 0.246 e. The molecule has 0 amide bonds. The van der Waals surface area contributed by atoms with Crippen molar-refractivity contribution in [3.8, 4) is 11.5 Å². The molecule has 31 heavy (non-hydrogen) atoms. The summed E-state index contributed by atoms with van der Waals surface area (Å²) in [4.78, 5) is 6.81. The van der Waals surface area contributed by atoms with E-state index in [1.807, 2.05) is 24.3 Å². The van der Waals surface area contributed by atoms with E-state index in [0.29, 0.717) is 49.2 Å². The van der Waals surface area contributed by atoms with E-state index in [-0.39, 0.29) is 4.90 Å². The highest BCUT2D eigenvalue weighted by molar-refractivity contribution is 7.89. The number of rotatable bonds is 6. The maximum atomic E-state index is 13.3. The number of hydrogen-bond acceptors (Lipinski definition) is 6. The van der Waals surface area contributed by atoms with Crippen LogP contribution in [0.3, 0.4) is 0 Å². The molecule has 2 aromatic carbocycles. The highest BCUT2D eigenvalue weighted by Gasteiger charge is 2.31. The molecule has 0 N–H and O–H groups in total. The van der Waals surface area contributed by atoms with Gasteiger partial charge in [0.1, 0.15) is 16.4 Å². The van der Waals surface area contributed by atoms with E-state index in [0.717, 1.165) is 16.5 Å². The van der Waals surface area contributed by atoms with Crippen molar-refractivity contribution in [1.29, 1.82) is 0 Å². The van der Waals surface area contributed by atoms with E-state index in [2.05, 4.69) is 9.88 Å². The number of hydrogen-bond donors (Lipinski definition) is 0. The van der Waals surface area contributed by atoms with Gasteiger partial charge in [-0.2, -0.15) is 4.31 Å². The second-order valence-electron chi connectivity index (χ2n) is 7.30. The molecule has 1 aliphatic heterocycles. The van der Waals surface area contributed by atoms with Crippen molar-refractivity contribution in [3.63, 3.8) is 0 Å². The summed E-state index contributed by atoms with van der Waals surface area (Å²) in [6.45, 7) is 2.54. The molecular formula is C22H24ClN3O4S. The van der Waals surface area contributed by atoms with Gasteiger partial charge in [0.25, 0.3) is 0 Å². The predicted molar refractivity (Wildman–Crippen MR) is 120 cm³/mol. The first kappa shape index (κ1) is 21.8. The van der Waals surface area contributed by atoms with Gasteiger partial charge in [0.15, 0.2) is 0 Å². The zero-order valence-electron chi connectivity index (χ0n) is 17.4. The molecule has 0 saturated carbocycles. The lowest BCUT2D eigenvalue weighted by atomic mass is 10.1. The van der Waals surface area contributed by atoms with Gasteiger partial charge in [-0.25, -0.2) is 8.42 Å². The molecule has 9 heteroatoms. The molecule has 1 aliphatic rings. The Morgan fingerprint density at radius 2 is 1.81 bits per heavy atom. The van der Waals surface area contributed by atoms with Crippen molar-refractivity contribution in [3.05, 3.63) is 59.2 Å². The van der Waals surface area contributed by atoms with E-state index < -0.39 is 10.0 Å². The molecule has 1 fully saturated rings. The number of fused-ring (bicyclic) bond motifs is 1. The van der Waals surface area contributed by atoms with Crippen LogP contribution in [-0.4, -0.2) is 63.0 Å². The fraction of sp³-hybridized carbons (Fsp3) is 0.318. The fourth-order valence-electron chi connectivity index (χ4n) is 3.81. The second kappa shape index (κ2) is 9.00. The third-order valence-electron chi connectivity index (χ3n) is 5.52. The SMILES string of the molecule is COc1ccc(OC)c(S(=O)(=O)N2CCN(Cc3c(Cl)ccc4cccnc34)CC2)c1. The lowest BCUT2D eigenvalue weighted by Crippen LogP contribution is -2.48. The molecule has 0 bridgehead atoms. The Hall–Kier alpha value is -2.39. The van der Waals surface area contributed by atoms with Crippen LogP contribution in [0, 0.1) is 0 Å². The normalized spacial score (nSPS) is 15.8. The minimum Gasteiger partial charge on any atom is -0.497 e. The van der Waals surface area contributed by atoms with Crippen molar-refractivity contribution < 1.29 is 17.9 Å². The Morgan fingerprint density at radius 3 is 2.52 bits per heavy atom. The van der Waals surface area contributed by atoms with Gasteiger partial charge < -0.3 is 9.47 Å². The molecule has 0 aliphatic carbocycles. The van der Waals surface area contributed by atoms with Crippen molar-refractivity contribution in [2.45, 2.75) is 11.4 Å². The van der Waals surface area contributed by atoms with Gasteiger partial charge in [0.2, 0.25) is 10.0 Å². The molecular weight excluding hydrogens is 438 g/mol. The number of halogens is 1. The van der Waals surface area contributed by atoms with Crippen LogP contribution in [-0.2, 0) is 16.6 Å². The largest absolute Gasteiger partial charge is 0.497 e. The molecule has 7 nitrogen and oxygen atoms in total. The van der Waals surface area contributed by atoms with Gasteiger partial charge in [-0.3, -0.25) is 9.88 Å². The standard InChI is InChI=1S/C22H24ClN3O4S/c1-29-17-6-8-20(30-2)21(14-17)31(27,28)26-12-10-25(11-13-26)15-18-19(23)7-5-16-4-3-9-24-22(16)18/h3-9,14H,10-13,15H2,1-2H3. The molecule has 1 aromatic heterocycles. The van der Waals surface area contributed by atoms with E-state index in [1.165, 1.54) is 24.6 Å². The number of nitrogens with zero attached hydrogens (tertiary/aromatic N) is 3. The molecule has 0 spiro atoms. The van der Waals surface area contributed by atoms with Crippen molar-refractivity contribution in [2.24, 2.45) is 0 Å². The van der Waals surface area contributed by atoms with Gasteiger partial charge >= 0.3 is 0 Å². The zero-order chi connectivity index (χ0) is 22.0. The van der Waals surface area contributed by atoms with Gasteiger partial charge in [0.05, 0.1) is 19.7 Å². The highest BCUT2D eigenvalue weighted by Crippen LogP contribution is 2.31. The summed E-state index contributed by atoms with van der Waals surface area (Å²) in [6.07, 6.45) is 1.76. The van der Waals surface area contributed by atoms with Gasteiger partial charge in [-0.15, -0.1) is 0 Å². The number of piperazine rings is 1. The van der Waals surface area contributed by atoms with E-state index >= 15 is 0 Å². The highest BCUT2D eigenvalue weighted by atomic mass is 35.5. The van der Waals surface area contributed by atoms with Crippen molar-refractivity contribution in [1.82, 2.24) is 14.2 Å². The summed E-state index contributed by atoms with van der Waals surface area (Å²) in [5.74, 6) is 0.771. The lowest BCUT2D eigenvalue weighted by molar-refractivity contribution is 0.182. The van der Waals surface area contributed by atoms with Crippen LogP contribution >= 0.6 is 11.6 Å². The number of benzene rings is 2. The number of sulfonamides is 1. The number of aromatic nitrogens is 1. The monoisotopic (exact) mass is 461 g/mol. The second-order valence-corrected chi connectivity index (χ2v) is 9.61. The fourth-order valence-corrected chi connectivity index (χ4v) is 5.61. The Labute approximate surface area is 187 Å². The molecule has 0 atom stereocenters. The van der Waals surface area contributed by atoms with Crippen molar-refractivity contribution >= 4 is 32.5 Å². The smallest absolute Gasteiger partial charge is 0.246 e. The topological polar surface area (TPSA) is 72.0 Å². The Kier molecular flexibility index (Phi) is 6.34. The van der Waals surface area contributed by atoms with Gasteiger partial charge in [-0.05, 0) is 24.3 Å². The van der Waals surface area contributed by atoms with Gasteiger partial charge in [0, 0.05) is 61.0 Å². The van der Waals surface area contributed by atoms with Crippen LogP contribution in [0.5, 0.6) is 11.5 Å². The van der Waals surface area contributed by atoms with Crippen molar-refractivity contribution in [2.75, 3.05) is 40.4 Å². The number of ether oxygens (including phenoxy) is 2. The summed E-state index contributed by atoms with van der Waals surface area (Å²) in [5.41, 5.74) is 1.84. The summed E-state index contributed by atoms with van der Waals surface area (Å²) in [7, 11) is -0.750. The average molecular weight is 462 g/mol. The predicted octanol–water partition coefficient (Wildman–Crippen LogP) is 3.41. The Balaban J connectivity index is 1.51.